The van der Waals surface area contributed by atoms with E-state index >= 15 is 0 Å². The van der Waals surface area contributed by atoms with E-state index in [4.69, 9.17) is 0 Å². The molecule has 2 saturated carbocycles. The van der Waals surface area contributed by atoms with Crippen molar-refractivity contribution < 1.29 is 9.50 Å². The third kappa shape index (κ3) is 1.23. The van der Waals surface area contributed by atoms with Crippen molar-refractivity contribution in [3.8, 4) is 0 Å². The lowest BCUT2D eigenvalue weighted by molar-refractivity contribution is 0.104. The minimum atomic E-state index is -0.676. The molecule has 3 heteroatoms. The fourth-order valence-electron chi connectivity index (χ4n) is 3.14. The van der Waals surface area contributed by atoms with Gasteiger partial charge in [0.05, 0.1) is 5.60 Å². The van der Waals surface area contributed by atoms with E-state index in [1.165, 1.54) is 18.6 Å². The molecule has 2 unspecified atom stereocenters. The summed E-state index contributed by atoms with van der Waals surface area (Å²) >= 11 is 3.33. The molecule has 0 aromatic heterocycles. The zero-order valence-corrected chi connectivity index (χ0v) is 9.80. The molecule has 80 valence electrons. The van der Waals surface area contributed by atoms with Crippen LogP contribution in [-0.4, -0.2) is 5.11 Å². The smallest absolute Gasteiger partial charge is 0.124 e. The van der Waals surface area contributed by atoms with Gasteiger partial charge in [-0.15, -0.1) is 0 Å². The molecule has 0 aliphatic heterocycles. The molecule has 0 heterocycles. The minimum Gasteiger partial charge on any atom is -0.385 e. The maximum absolute atomic E-state index is 12.9. The lowest BCUT2D eigenvalue weighted by Crippen LogP contribution is -2.13. The molecule has 1 N–H and O–H groups in total. The number of hydrogen-bond acceptors (Lipinski definition) is 1. The van der Waals surface area contributed by atoms with Crippen LogP contribution in [0.1, 0.15) is 24.8 Å². The van der Waals surface area contributed by atoms with Crippen LogP contribution < -0.4 is 0 Å². The molecule has 0 bridgehead atoms. The second-order valence-electron chi connectivity index (χ2n) is 4.59. The Balaban J connectivity index is 2.00. The SMILES string of the molecule is OC1(c2ccc(F)cc2Br)C2CCCC21. The van der Waals surface area contributed by atoms with E-state index in [2.05, 4.69) is 15.9 Å². The summed E-state index contributed by atoms with van der Waals surface area (Å²) in [4.78, 5) is 0. The van der Waals surface area contributed by atoms with Gasteiger partial charge in [0, 0.05) is 4.47 Å². The fourth-order valence-corrected chi connectivity index (χ4v) is 3.80. The van der Waals surface area contributed by atoms with E-state index < -0.39 is 5.60 Å². The Morgan fingerprint density at radius 1 is 1.33 bits per heavy atom. The lowest BCUT2D eigenvalue weighted by atomic mass is 9.99. The van der Waals surface area contributed by atoms with Gasteiger partial charge in [-0.2, -0.15) is 0 Å². The first-order valence-electron chi connectivity index (χ1n) is 5.32. The average molecular weight is 271 g/mol. The lowest BCUT2D eigenvalue weighted by Gasteiger charge is -2.16. The van der Waals surface area contributed by atoms with Crippen molar-refractivity contribution in [1.82, 2.24) is 0 Å². The molecule has 3 rings (SSSR count). The highest BCUT2D eigenvalue weighted by Gasteiger charge is 2.66. The molecule has 1 aromatic carbocycles. The molecule has 2 aliphatic rings. The summed E-state index contributed by atoms with van der Waals surface area (Å²) in [5, 5.41) is 10.5. The molecule has 2 atom stereocenters. The molecule has 2 fully saturated rings. The van der Waals surface area contributed by atoms with E-state index in [1.807, 2.05) is 0 Å². The van der Waals surface area contributed by atoms with E-state index in [0.29, 0.717) is 16.3 Å². The first-order chi connectivity index (χ1) is 7.14. The molecule has 0 spiro atoms. The van der Waals surface area contributed by atoms with Gasteiger partial charge in [0.15, 0.2) is 0 Å². The largest absolute Gasteiger partial charge is 0.385 e. The van der Waals surface area contributed by atoms with Gasteiger partial charge in [0.25, 0.3) is 0 Å². The molecule has 1 nitrogen and oxygen atoms in total. The zero-order chi connectivity index (χ0) is 10.6. The van der Waals surface area contributed by atoms with Gasteiger partial charge in [0.2, 0.25) is 0 Å². The second-order valence-corrected chi connectivity index (χ2v) is 5.45. The highest BCUT2D eigenvalue weighted by atomic mass is 79.9. The van der Waals surface area contributed by atoms with Crippen molar-refractivity contribution >= 4 is 15.9 Å². The van der Waals surface area contributed by atoms with Crippen LogP contribution in [0.4, 0.5) is 4.39 Å². The van der Waals surface area contributed by atoms with E-state index in [9.17, 15) is 9.50 Å². The Hall–Kier alpha value is -0.410. The number of rotatable bonds is 1. The quantitative estimate of drug-likeness (QED) is 0.831. The van der Waals surface area contributed by atoms with Crippen LogP contribution in [0.3, 0.4) is 0 Å². The Kier molecular flexibility index (Phi) is 1.99. The Bertz CT molecular complexity index is 408. The van der Waals surface area contributed by atoms with Crippen LogP contribution in [-0.2, 0) is 5.60 Å². The molecule has 0 radical (unpaired) electrons. The predicted octanol–water partition coefficient (Wildman–Crippen LogP) is 3.21. The minimum absolute atomic E-state index is 0.264. The van der Waals surface area contributed by atoms with Crippen LogP contribution >= 0.6 is 15.9 Å². The summed E-state index contributed by atoms with van der Waals surface area (Å²) in [7, 11) is 0. The second kappa shape index (κ2) is 3.05. The van der Waals surface area contributed by atoms with Crippen molar-refractivity contribution in [3.63, 3.8) is 0 Å². The maximum Gasteiger partial charge on any atom is 0.124 e. The zero-order valence-electron chi connectivity index (χ0n) is 8.21. The number of aliphatic hydroxyl groups is 1. The first kappa shape index (κ1) is 9.79. The summed E-state index contributed by atoms with van der Waals surface area (Å²) in [5.41, 5.74) is 0.184. The number of fused-ring (bicyclic) bond motifs is 1. The predicted molar refractivity (Wildman–Crippen MR) is 58.8 cm³/mol. The van der Waals surface area contributed by atoms with Crippen LogP contribution in [0, 0.1) is 17.7 Å². The number of hydrogen-bond donors (Lipinski definition) is 1. The van der Waals surface area contributed by atoms with Crippen molar-refractivity contribution in [3.05, 3.63) is 34.1 Å². The molecule has 0 saturated heterocycles. The third-order valence-corrected chi connectivity index (χ3v) is 4.56. The van der Waals surface area contributed by atoms with Crippen LogP contribution in [0.25, 0.3) is 0 Å². The van der Waals surface area contributed by atoms with E-state index in [1.54, 1.807) is 6.07 Å². The molecular weight excluding hydrogens is 259 g/mol. The first-order valence-corrected chi connectivity index (χ1v) is 6.11. The summed E-state index contributed by atoms with van der Waals surface area (Å²) in [6, 6.07) is 4.56. The fraction of sp³-hybridized carbons (Fsp3) is 0.500. The monoisotopic (exact) mass is 270 g/mol. The molecular formula is C12H12BrFO. The van der Waals surface area contributed by atoms with Gasteiger partial charge in [-0.05, 0) is 42.4 Å². The van der Waals surface area contributed by atoms with Crippen LogP contribution in [0.5, 0.6) is 0 Å². The molecule has 1 aromatic rings. The van der Waals surface area contributed by atoms with Gasteiger partial charge >= 0.3 is 0 Å². The summed E-state index contributed by atoms with van der Waals surface area (Å²) in [6.45, 7) is 0. The Morgan fingerprint density at radius 3 is 2.60 bits per heavy atom. The topological polar surface area (TPSA) is 20.2 Å². The summed E-state index contributed by atoms with van der Waals surface area (Å²) < 4.78 is 13.6. The standard InChI is InChI=1S/C12H12BrFO/c13-11-6-7(14)4-5-10(11)12(15)8-2-1-3-9(8)12/h4-6,8-9,15H,1-3H2. The highest BCUT2D eigenvalue weighted by Crippen LogP contribution is 2.66. The molecule has 2 aliphatic carbocycles. The molecule has 0 amide bonds. The highest BCUT2D eigenvalue weighted by molar-refractivity contribution is 9.10. The average Bonchev–Trinajstić information content (AvgIpc) is 2.63. The number of halogens is 2. The van der Waals surface area contributed by atoms with E-state index in [0.717, 1.165) is 18.4 Å². The van der Waals surface area contributed by atoms with Gasteiger partial charge in [-0.25, -0.2) is 4.39 Å². The Morgan fingerprint density at radius 2 is 2.00 bits per heavy atom. The van der Waals surface area contributed by atoms with Crippen molar-refractivity contribution in [2.24, 2.45) is 11.8 Å². The third-order valence-electron chi connectivity index (χ3n) is 3.90. The Labute approximate surface area is 96.4 Å². The van der Waals surface area contributed by atoms with Crippen molar-refractivity contribution in [2.75, 3.05) is 0 Å². The van der Waals surface area contributed by atoms with E-state index in [-0.39, 0.29) is 5.82 Å². The maximum atomic E-state index is 12.9. The normalized spacial score (nSPS) is 37.8. The number of benzene rings is 1. The van der Waals surface area contributed by atoms with Crippen LogP contribution in [0.2, 0.25) is 0 Å². The summed E-state index contributed by atoms with van der Waals surface area (Å²) in [5.74, 6) is 0.540. The van der Waals surface area contributed by atoms with Crippen molar-refractivity contribution in [2.45, 2.75) is 24.9 Å². The summed E-state index contributed by atoms with van der Waals surface area (Å²) in [6.07, 6.45) is 3.42. The van der Waals surface area contributed by atoms with Gasteiger partial charge in [-0.3, -0.25) is 0 Å². The van der Waals surface area contributed by atoms with Gasteiger partial charge < -0.3 is 5.11 Å². The van der Waals surface area contributed by atoms with Gasteiger partial charge in [-0.1, -0.05) is 28.4 Å². The van der Waals surface area contributed by atoms with Gasteiger partial charge in [0.1, 0.15) is 5.82 Å². The van der Waals surface area contributed by atoms with Crippen LogP contribution in [0.15, 0.2) is 22.7 Å². The van der Waals surface area contributed by atoms with Crippen molar-refractivity contribution in [1.29, 1.82) is 0 Å². The molecule has 15 heavy (non-hydrogen) atoms.